The van der Waals surface area contributed by atoms with Gasteiger partial charge in [-0.15, -0.1) is 0 Å². The molecule has 3 aromatic rings. The third kappa shape index (κ3) is 4.20. The topological polar surface area (TPSA) is 103 Å². The molecule has 1 amide bonds. The van der Waals surface area contributed by atoms with Crippen molar-refractivity contribution in [2.45, 2.75) is 18.7 Å². The Labute approximate surface area is 180 Å². The van der Waals surface area contributed by atoms with Crippen LogP contribution in [-0.4, -0.2) is 30.0 Å². The third-order valence-electron chi connectivity index (χ3n) is 4.78. The number of amides is 1. The van der Waals surface area contributed by atoms with Crippen LogP contribution in [0.4, 0.5) is 10.5 Å². The second-order valence-electron chi connectivity index (χ2n) is 6.90. The van der Waals surface area contributed by atoms with Crippen molar-refractivity contribution < 1.29 is 18.9 Å². The Balaban J connectivity index is 2.08. The van der Waals surface area contributed by atoms with Crippen molar-refractivity contribution in [3.63, 3.8) is 0 Å². The first-order chi connectivity index (χ1) is 14.2. The van der Waals surface area contributed by atoms with Crippen molar-refractivity contribution >= 4 is 38.7 Å². The van der Waals surface area contributed by atoms with Gasteiger partial charge < -0.3 is 14.1 Å². The second kappa shape index (κ2) is 8.66. The molecule has 0 aliphatic heterocycles. The molecular weight excluding hydrogens is 456 g/mol. The summed E-state index contributed by atoms with van der Waals surface area (Å²) in [5.41, 5.74) is 2.07. The molecule has 3 rings (SSSR count). The number of hydrogen-bond donors (Lipinski definition) is 0. The molecule has 8 nitrogen and oxygen atoms in total. The van der Waals surface area contributed by atoms with Gasteiger partial charge in [0.25, 0.3) is 5.69 Å². The molecule has 0 saturated carbocycles. The van der Waals surface area contributed by atoms with Crippen molar-refractivity contribution in [2.24, 2.45) is 0 Å². The zero-order valence-electron chi connectivity index (χ0n) is 16.6. The van der Waals surface area contributed by atoms with Crippen molar-refractivity contribution in [3.05, 3.63) is 79.2 Å². The van der Waals surface area contributed by atoms with E-state index in [1.165, 1.54) is 17.0 Å². The minimum Gasteiger partial charge on any atom is -0.422 e. The van der Waals surface area contributed by atoms with Crippen LogP contribution < -0.4 is 10.4 Å². The molecule has 0 N–H and O–H groups in total. The summed E-state index contributed by atoms with van der Waals surface area (Å²) in [6, 6.07) is 9.63. The van der Waals surface area contributed by atoms with Gasteiger partial charge in [0.15, 0.2) is 0 Å². The fourth-order valence-electron chi connectivity index (χ4n) is 3.12. The van der Waals surface area contributed by atoms with E-state index >= 15 is 0 Å². The fourth-order valence-corrected chi connectivity index (χ4v) is 3.76. The molecule has 0 aliphatic carbocycles. The number of rotatable bonds is 5. The van der Waals surface area contributed by atoms with E-state index in [0.29, 0.717) is 27.4 Å². The number of nitrogens with zero attached hydrogens (tertiary/aromatic N) is 2. The summed E-state index contributed by atoms with van der Waals surface area (Å²) in [6.07, 6.45) is -0.348. The van der Waals surface area contributed by atoms with Crippen molar-refractivity contribution in [3.8, 4) is 5.75 Å². The molecule has 0 spiro atoms. The number of alkyl halides is 1. The molecular formula is C21H19BrN2O6. The largest absolute Gasteiger partial charge is 0.422 e. The number of benzene rings is 2. The lowest BCUT2D eigenvalue weighted by molar-refractivity contribution is -0.385. The molecule has 0 radical (unpaired) electrons. The maximum absolute atomic E-state index is 12.8. The number of fused-ring (bicyclic) bond motifs is 1. The molecule has 0 aliphatic rings. The molecule has 0 bridgehead atoms. The number of ether oxygens (including phenoxy) is 1. The number of nitro groups is 1. The lowest BCUT2D eigenvalue weighted by Crippen LogP contribution is -2.25. The van der Waals surface area contributed by atoms with E-state index in [9.17, 15) is 19.7 Å². The smallest absolute Gasteiger partial charge is 0.414 e. The van der Waals surface area contributed by atoms with E-state index in [4.69, 9.17) is 9.15 Å². The molecule has 0 unspecified atom stereocenters. The predicted octanol–water partition coefficient (Wildman–Crippen LogP) is 4.56. The van der Waals surface area contributed by atoms with Crippen LogP contribution in [0, 0.1) is 17.0 Å². The van der Waals surface area contributed by atoms with Crippen LogP contribution in [0.15, 0.2) is 45.6 Å². The van der Waals surface area contributed by atoms with Crippen LogP contribution in [0.1, 0.15) is 22.3 Å². The Bertz CT molecular complexity index is 1200. The Hall–Kier alpha value is -3.20. The predicted molar refractivity (Wildman–Crippen MR) is 115 cm³/mol. The van der Waals surface area contributed by atoms with Crippen LogP contribution in [-0.2, 0) is 11.8 Å². The SMILES string of the molecule is Cc1c(Cc2c(CBr)c3ccc(OC(=O)N(C)C)cc3oc2=O)cccc1[N+](=O)[O-]. The van der Waals surface area contributed by atoms with E-state index in [2.05, 4.69) is 15.9 Å². The van der Waals surface area contributed by atoms with Crippen LogP contribution >= 0.6 is 15.9 Å². The highest BCUT2D eigenvalue weighted by atomic mass is 79.9. The highest BCUT2D eigenvalue weighted by Gasteiger charge is 2.19. The lowest BCUT2D eigenvalue weighted by atomic mass is 9.96. The maximum atomic E-state index is 12.8. The number of nitro benzene ring substituents is 1. The molecule has 1 heterocycles. The maximum Gasteiger partial charge on any atom is 0.414 e. The van der Waals surface area contributed by atoms with Crippen molar-refractivity contribution in [1.82, 2.24) is 4.90 Å². The molecule has 30 heavy (non-hydrogen) atoms. The van der Waals surface area contributed by atoms with Gasteiger partial charge in [-0.25, -0.2) is 9.59 Å². The van der Waals surface area contributed by atoms with Gasteiger partial charge in [0, 0.05) is 54.5 Å². The van der Waals surface area contributed by atoms with Gasteiger partial charge in [0.2, 0.25) is 0 Å². The Morgan fingerprint density at radius 1 is 1.23 bits per heavy atom. The van der Waals surface area contributed by atoms with Gasteiger partial charge >= 0.3 is 11.7 Å². The number of carbonyl (C=O) groups is 1. The molecule has 156 valence electrons. The molecule has 9 heteroatoms. The summed E-state index contributed by atoms with van der Waals surface area (Å²) in [5.74, 6) is 0.257. The molecule has 2 aromatic carbocycles. The molecule has 0 saturated heterocycles. The van der Waals surface area contributed by atoms with E-state index in [1.807, 2.05) is 0 Å². The zero-order chi connectivity index (χ0) is 22.0. The van der Waals surface area contributed by atoms with Gasteiger partial charge in [-0.3, -0.25) is 10.1 Å². The fraction of sp³-hybridized carbons (Fsp3) is 0.238. The first-order valence-electron chi connectivity index (χ1n) is 8.99. The summed E-state index contributed by atoms with van der Waals surface area (Å²) in [6.45, 7) is 1.66. The van der Waals surface area contributed by atoms with Gasteiger partial charge in [-0.1, -0.05) is 28.1 Å². The van der Waals surface area contributed by atoms with Gasteiger partial charge in [-0.2, -0.15) is 0 Å². The van der Waals surface area contributed by atoms with Gasteiger partial charge in [0.1, 0.15) is 11.3 Å². The Morgan fingerprint density at radius 2 is 1.97 bits per heavy atom. The number of carbonyl (C=O) groups excluding carboxylic acids is 1. The molecule has 0 fully saturated rings. The van der Waals surface area contributed by atoms with E-state index < -0.39 is 16.6 Å². The number of halogens is 1. The summed E-state index contributed by atoms with van der Waals surface area (Å²) in [7, 11) is 3.13. The lowest BCUT2D eigenvalue weighted by Gasteiger charge is -2.13. The zero-order valence-corrected chi connectivity index (χ0v) is 18.2. The highest BCUT2D eigenvalue weighted by molar-refractivity contribution is 9.08. The average molecular weight is 475 g/mol. The monoisotopic (exact) mass is 474 g/mol. The quantitative estimate of drug-likeness (QED) is 0.232. The Kier molecular flexibility index (Phi) is 6.21. The van der Waals surface area contributed by atoms with E-state index in [0.717, 1.165) is 5.56 Å². The summed E-state index contributed by atoms with van der Waals surface area (Å²) < 4.78 is 10.7. The third-order valence-corrected chi connectivity index (χ3v) is 5.34. The van der Waals surface area contributed by atoms with E-state index in [-0.39, 0.29) is 23.4 Å². The van der Waals surface area contributed by atoms with Crippen LogP contribution in [0.5, 0.6) is 5.75 Å². The second-order valence-corrected chi connectivity index (χ2v) is 7.46. The van der Waals surface area contributed by atoms with E-state index in [1.54, 1.807) is 45.3 Å². The Morgan fingerprint density at radius 3 is 2.60 bits per heavy atom. The normalized spacial score (nSPS) is 10.8. The van der Waals surface area contributed by atoms with Crippen molar-refractivity contribution in [1.29, 1.82) is 0 Å². The number of hydrogen-bond acceptors (Lipinski definition) is 6. The van der Waals surface area contributed by atoms with Crippen LogP contribution in [0.25, 0.3) is 11.0 Å². The summed E-state index contributed by atoms with van der Waals surface area (Å²) >= 11 is 3.43. The van der Waals surface area contributed by atoms with Crippen LogP contribution in [0.2, 0.25) is 0 Å². The standard InChI is InChI=1S/C21H19BrN2O6/c1-12-13(5-4-6-18(12)24(27)28)9-16-17(11-22)15-8-7-14(29-21(26)23(2)3)10-19(15)30-20(16)25/h4-8,10H,9,11H2,1-3H3. The van der Waals surface area contributed by atoms with Gasteiger partial charge in [-0.05, 0) is 30.2 Å². The molecule has 0 atom stereocenters. The average Bonchev–Trinajstić information content (AvgIpc) is 2.69. The highest BCUT2D eigenvalue weighted by Crippen LogP contribution is 2.29. The van der Waals surface area contributed by atoms with Crippen LogP contribution in [0.3, 0.4) is 0 Å². The minimum absolute atomic E-state index is 0.00502. The molecule has 1 aromatic heterocycles. The summed E-state index contributed by atoms with van der Waals surface area (Å²) in [5, 5.41) is 12.3. The first-order valence-corrected chi connectivity index (χ1v) is 10.1. The summed E-state index contributed by atoms with van der Waals surface area (Å²) in [4.78, 5) is 36.6. The van der Waals surface area contributed by atoms with Gasteiger partial charge in [0.05, 0.1) is 4.92 Å². The first kappa shape index (κ1) is 21.5. The minimum atomic E-state index is -0.546. The van der Waals surface area contributed by atoms with Crippen molar-refractivity contribution in [2.75, 3.05) is 14.1 Å².